The van der Waals surface area contributed by atoms with Gasteiger partial charge in [0.1, 0.15) is 0 Å². The molecule has 17 heavy (non-hydrogen) atoms. The van der Waals surface area contributed by atoms with Crippen molar-refractivity contribution in [1.29, 1.82) is 0 Å². The van der Waals surface area contributed by atoms with Crippen LogP contribution in [0.5, 0.6) is 0 Å². The van der Waals surface area contributed by atoms with Crippen molar-refractivity contribution in [3.8, 4) is 0 Å². The van der Waals surface area contributed by atoms with E-state index in [0.29, 0.717) is 6.42 Å². The van der Waals surface area contributed by atoms with Crippen LogP contribution in [0.25, 0.3) is 0 Å². The minimum Gasteiger partial charge on any atom is -0.354 e. The fraction of sp³-hybridized carbons (Fsp3) is 0.929. The van der Waals surface area contributed by atoms with Crippen molar-refractivity contribution in [2.45, 2.75) is 57.9 Å². The second-order valence-electron chi connectivity index (χ2n) is 5.85. The molecule has 0 radical (unpaired) electrons. The number of nitrogens with zero attached hydrogens (tertiary/aromatic N) is 1. The molecular weight excluding hydrogens is 212 g/mol. The van der Waals surface area contributed by atoms with Crippen molar-refractivity contribution in [2.75, 3.05) is 20.6 Å². The van der Waals surface area contributed by atoms with Gasteiger partial charge in [0.05, 0.1) is 0 Å². The van der Waals surface area contributed by atoms with Crippen LogP contribution in [0.3, 0.4) is 0 Å². The summed E-state index contributed by atoms with van der Waals surface area (Å²) in [4.78, 5) is 13.9. The maximum Gasteiger partial charge on any atom is 0.220 e. The quantitative estimate of drug-likeness (QED) is 0.800. The first-order chi connectivity index (χ1) is 8.00. The number of amides is 1. The Morgan fingerprint density at radius 2 is 2.18 bits per heavy atom. The van der Waals surface area contributed by atoms with Crippen molar-refractivity contribution < 1.29 is 4.79 Å². The Labute approximate surface area is 106 Å². The number of rotatable bonds is 5. The van der Waals surface area contributed by atoms with E-state index in [1.165, 1.54) is 25.7 Å². The lowest BCUT2D eigenvalue weighted by Crippen LogP contribution is -2.55. The molecule has 3 heteroatoms. The zero-order valence-corrected chi connectivity index (χ0v) is 11.9. The minimum absolute atomic E-state index is 0.182. The normalized spacial score (nSPS) is 29.4. The van der Waals surface area contributed by atoms with Crippen molar-refractivity contribution in [3.63, 3.8) is 0 Å². The largest absolute Gasteiger partial charge is 0.354 e. The van der Waals surface area contributed by atoms with Crippen LogP contribution >= 0.6 is 0 Å². The van der Waals surface area contributed by atoms with Gasteiger partial charge < -0.3 is 10.2 Å². The summed E-state index contributed by atoms with van der Waals surface area (Å²) in [5, 5.41) is 3.12. The molecule has 1 aliphatic rings. The molecule has 0 aromatic carbocycles. The number of carbonyl (C=O) groups is 1. The molecule has 1 aliphatic carbocycles. The van der Waals surface area contributed by atoms with E-state index in [1.54, 1.807) is 0 Å². The van der Waals surface area contributed by atoms with E-state index in [9.17, 15) is 4.79 Å². The van der Waals surface area contributed by atoms with E-state index in [0.717, 1.165) is 18.9 Å². The molecule has 1 N–H and O–H groups in total. The Balaban J connectivity index is 2.56. The molecule has 0 aromatic rings. The van der Waals surface area contributed by atoms with E-state index in [2.05, 4.69) is 31.2 Å². The molecule has 2 atom stereocenters. The smallest absolute Gasteiger partial charge is 0.220 e. The molecule has 0 bridgehead atoms. The number of nitrogens with one attached hydrogen (secondary N) is 1. The monoisotopic (exact) mass is 240 g/mol. The Hall–Kier alpha value is -0.570. The molecule has 2 unspecified atom stereocenters. The van der Waals surface area contributed by atoms with Crippen LogP contribution in [0.1, 0.15) is 52.4 Å². The molecular formula is C14H28N2O. The van der Waals surface area contributed by atoms with Crippen LogP contribution in [-0.2, 0) is 4.79 Å². The molecule has 0 heterocycles. The van der Waals surface area contributed by atoms with Gasteiger partial charge in [0, 0.05) is 18.5 Å². The first-order valence-corrected chi connectivity index (χ1v) is 6.94. The van der Waals surface area contributed by atoms with Crippen LogP contribution in [0, 0.1) is 5.92 Å². The minimum atomic E-state index is 0.182. The highest BCUT2D eigenvalue weighted by molar-refractivity contribution is 5.75. The van der Waals surface area contributed by atoms with Gasteiger partial charge >= 0.3 is 0 Å². The fourth-order valence-electron chi connectivity index (χ4n) is 2.94. The summed E-state index contributed by atoms with van der Waals surface area (Å²) in [6.07, 6.45) is 6.60. The van der Waals surface area contributed by atoms with Crippen LogP contribution in [0.15, 0.2) is 0 Å². The molecule has 0 saturated heterocycles. The fourth-order valence-corrected chi connectivity index (χ4v) is 2.94. The molecule has 0 aliphatic heterocycles. The molecule has 0 aromatic heterocycles. The van der Waals surface area contributed by atoms with Crippen LogP contribution in [-0.4, -0.2) is 37.0 Å². The zero-order chi connectivity index (χ0) is 12.9. The first kappa shape index (κ1) is 14.5. The van der Waals surface area contributed by atoms with Crippen molar-refractivity contribution >= 4 is 5.91 Å². The number of carbonyl (C=O) groups excluding carboxylic acids is 1. The lowest BCUT2D eigenvalue weighted by Gasteiger charge is -2.45. The van der Waals surface area contributed by atoms with Gasteiger partial charge in [-0.1, -0.05) is 26.7 Å². The van der Waals surface area contributed by atoms with Crippen molar-refractivity contribution in [3.05, 3.63) is 0 Å². The number of likely N-dealkylation sites (N-methyl/N-ethyl adjacent to an activating group) is 1. The summed E-state index contributed by atoms with van der Waals surface area (Å²) >= 11 is 0. The molecule has 3 nitrogen and oxygen atoms in total. The molecule has 1 saturated carbocycles. The summed E-state index contributed by atoms with van der Waals surface area (Å²) in [5.41, 5.74) is 0.182. The van der Waals surface area contributed by atoms with Crippen LogP contribution in [0.2, 0.25) is 0 Å². The van der Waals surface area contributed by atoms with E-state index in [4.69, 9.17) is 0 Å². The van der Waals surface area contributed by atoms with E-state index < -0.39 is 0 Å². The van der Waals surface area contributed by atoms with Gasteiger partial charge in [0.25, 0.3) is 0 Å². The number of hydrogen-bond donors (Lipinski definition) is 1. The summed E-state index contributed by atoms with van der Waals surface area (Å²) in [6, 6.07) is 0. The molecule has 1 fully saturated rings. The zero-order valence-electron chi connectivity index (χ0n) is 11.9. The molecule has 0 spiro atoms. The highest BCUT2D eigenvalue weighted by Gasteiger charge is 2.36. The highest BCUT2D eigenvalue weighted by Crippen LogP contribution is 2.35. The summed E-state index contributed by atoms with van der Waals surface area (Å²) in [6.45, 7) is 5.18. The Morgan fingerprint density at radius 1 is 1.47 bits per heavy atom. The van der Waals surface area contributed by atoms with Gasteiger partial charge in [-0.05, 0) is 39.3 Å². The average molecular weight is 240 g/mol. The highest BCUT2D eigenvalue weighted by atomic mass is 16.1. The molecule has 1 rings (SSSR count). The van der Waals surface area contributed by atoms with Gasteiger partial charge in [-0.2, -0.15) is 0 Å². The third-order valence-electron chi connectivity index (χ3n) is 4.11. The standard InChI is InChI=1S/C14H28N2O/c1-5-7-13(17)15-11-14(16(3)4)9-6-8-12(2)10-14/h12H,5-11H2,1-4H3,(H,15,17). The topological polar surface area (TPSA) is 32.3 Å². The van der Waals surface area contributed by atoms with Gasteiger partial charge in [-0.25, -0.2) is 0 Å². The molecule has 100 valence electrons. The van der Waals surface area contributed by atoms with Crippen LogP contribution < -0.4 is 5.32 Å². The van der Waals surface area contributed by atoms with E-state index >= 15 is 0 Å². The SMILES string of the molecule is CCCC(=O)NCC1(N(C)C)CCCC(C)C1. The predicted molar refractivity (Wildman–Crippen MR) is 72.0 cm³/mol. The Morgan fingerprint density at radius 3 is 2.71 bits per heavy atom. The maximum absolute atomic E-state index is 11.6. The third kappa shape index (κ3) is 3.98. The van der Waals surface area contributed by atoms with E-state index in [1.807, 2.05) is 6.92 Å². The maximum atomic E-state index is 11.6. The van der Waals surface area contributed by atoms with Crippen LogP contribution in [0.4, 0.5) is 0 Å². The number of hydrogen-bond acceptors (Lipinski definition) is 2. The second kappa shape index (κ2) is 6.39. The Kier molecular flexibility index (Phi) is 5.44. The summed E-state index contributed by atoms with van der Waals surface area (Å²) in [7, 11) is 4.29. The van der Waals surface area contributed by atoms with Crippen molar-refractivity contribution in [2.24, 2.45) is 5.92 Å². The van der Waals surface area contributed by atoms with Gasteiger partial charge in [-0.15, -0.1) is 0 Å². The summed E-state index contributed by atoms with van der Waals surface area (Å²) in [5.74, 6) is 0.973. The van der Waals surface area contributed by atoms with Gasteiger partial charge in [-0.3, -0.25) is 4.79 Å². The second-order valence-corrected chi connectivity index (χ2v) is 5.85. The Bertz CT molecular complexity index is 253. The van der Waals surface area contributed by atoms with Gasteiger partial charge in [0.2, 0.25) is 5.91 Å². The average Bonchev–Trinajstić information content (AvgIpc) is 2.27. The lowest BCUT2D eigenvalue weighted by molar-refractivity contribution is -0.121. The third-order valence-corrected chi connectivity index (χ3v) is 4.11. The predicted octanol–water partition coefficient (Wildman–Crippen LogP) is 2.41. The van der Waals surface area contributed by atoms with Crippen molar-refractivity contribution in [1.82, 2.24) is 10.2 Å². The summed E-state index contributed by atoms with van der Waals surface area (Å²) < 4.78 is 0. The first-order valence-electron chi connectivity index (χ1n) is 6.94. The van der Waals surface area contributed by atoms with E-state index in [-0.39, 0.29) is 11.4 Å². The molecule has 1 amide bonds. The van der Waals surface area contributed by atoms with Gasteiger partial charge in [0.15, 0.2) is 0 Å². The lowest BCUT2D eigenvalue weighted by atomic mass is 9.75.